The van der Waals surface area contributed by atoms with Crippen LogP contribution in [0.4, 0.5) is 0 Å². The van der Waals surface area contributed by atoms with E-state index in [-0.39, 0.29) is 11.8 Å². The van der Waals surface area contributed by atoms with Crippen LogP contribution in [0.5, 0.6) is 0 Å². The molecule has 2 aromatic heterocycles. The Labute approximate surface area is 157 Å². The molecule has 1 fully saturated rings. The Bertz CT molecular complexity index is 897. The van der Waals surface area contributed by atoms with Gasteiger partial charge in [-0.2, -0.15) is 5.10 Å². The first-order valence-corrected chi connectivity index (χ1v) is 8.97. The Morgan fingerprint density at radius 1 is 1.15 bits per heavy atom. The van der Waals surface area contributed by atoms with Crippen molar-refractivity contribution < 1.29 is 9.90 Å². The quantitative estimate of drug-likeness (QED) is 0.741. The Morgan fingerprint density at radius 2 is 2.00 bits per heavy atom. The average molecular weight is 363 g/mol. The summed E-state index contributed by atoms with van der Waals surface area (Å²) in [5, 5.41) is 14.7. The second kappa shape index (κ2) is 7.67. The van der Waals surface area contributed by atoms with E-state index in [4.69, 9.17) is 0 Å². The van der Waals surface area contributed by atoms with E-state index in [1.165, 1.54) is 0 Å². The minimum Gasteiger partial charge on any atom is -0.391 e. The molecule has 0 aliphatic carbocycles. The number of aliphatic hydroxyl groups is 1. The highest BCUT2D eigenvalue weighted by Crippen LogP contribution is 2.22. The Hall–Kier alpha value is -3.06. The van der Waals surface area contributed by atoms with Crippen LogP contribution in [0.1, 0.15) is 21.6 Å². The molecule has 3 aromatic rings. The van der Waals surface area contributed by atoms with Gasteiger partial charge in [-0.1, -0.05) is 30.3 Å². The van der Waals surface area contributed by atoms with Crippen LogP contribution in [0.3, 0.4) is 0 Å². The number of aliphatic hydroxyl groups excluding tert-OH is 1. The van der Waals surface area contributed by atoms with Crippen LogP contribution in [0, 0.1) is 5.92 Å². The topological polar surface area (TPSA) is 84.1 Å². The van der Waals surface area contributed by atoms with Gasteiger partial charge >= 0.3 is 0 Å². The Balaban J connectivity index is 1.40. The maximum atomic E-state index is 12.8. The number of carbonyl (C=O) groups is 1. The van der Waals surface area contributed by atoms with Crippen molar-refractivity contribution in [2.45, 2.75) is 19.1 Å². The van der Waals surface area contributed by atoms with Gasteiger partial charge in [-0.3, -0.25) is 19.4 Å². The van der Waals surface area contributed by atoms with E-state index in [1.807, 2.05) is 30.3 Å². The molecule has 7 nitrogen and oxygen atoms in total. The molecule has 2 atom stereocenters. The molecule has 0 saturated carbocycles. The number of amides is 1. The second-order valence-electron chi connectivity index (χ2n) is 6.85. The highest BCUT2D eigenvalue weighted by atomic mass is 16.3. The zero-order chi connectivity index (χ0) is 18.6. The number of carbonyl (C=O) groups excluding carboxylic acids is 1. The summed E-state index contributed by atoms with van der Waals surface area (Å²) in [5.41, 5.74) is 2.49. The molecule has 1 amide bonds. The molecule has 4 rings (SSSR count). The van der Waals surface area contributed by atoms with Gasteiger partial charge in [0.2, 0.25) is 0 Å². The molecular weight excluding hydrogens is 342 g/mol. The molecule has 27 heavy (non-hydrogen) atoms. The van der Waals surface area contributed by atoms with Crippen molar-refractivity contribution >= 4 is 5.91 Å². The summed E-state index contributed by atoms with van der Waals surface area (Å²) in [6.45, 7) is 1.44. The van der Waals surface area contributed by atoms with Gasteiger partial charge in [-0.15, -0.1) is 0 Å². The van der Waals surface area contributed by atoms with Gasteiger partial charge in [0.15, 0.2) is 0 Å². The lowest BCUT2D eigenvalue weighted by Gasteiger charge is -2.14. The van der Waals surface area contributed by atoms with Crippen LogP contribution >= 0.6 is 0 Å². The number of likely N-dealkylation sites (tertiary alicyclic amines) is 1. The molecule has 0 radical (unpaired) electrons. The summed E-state index contributed by atoms with van der Waals surface area (Å²) in [5.74, 6) is -0.139. The molecule has 1 aromatic carbocycles. The molecule has 0 unspecified atom stereocenters. The molecule has 138 valence electrons. The highest BCUT2D eigenvalue weighted by molar-refractivity contribution is 5.94. The number of aromatic nitrogens is 4. The molecule has 0 bridgehead atoms. The van der Waals surface area contributed by atoms with E-state index in [2.05, 4.69) is 15.1 Å². The minimum atomic E-state index is -0.560. The summed E-state index contributed by atoms with van der Waals surface area (Å²) in [7, 11) is 0. The van der Waals surface area contributed by atoms with Crippen molar-refractivity contribution in [1.29, 1.82) is 0 Å². The predicted octanol–water partition coefficient (Wildman–Crippen LogP) is 1.40. The average Bonchev–Trinajstić information content (AvgIpc) is 3.30. The summed E-state index contributed by atoms with van der Waals surface area (Å²) < 4.78 is 1.76. The molecule has 0 spiro atoms. The summed E-state index contributed by atoms with van der Waals surface area (Å²) in [6.07, 6.45) is 8.36. The highest BCUT2D eigenvalue weighted by Gasteiger charge is 2.35. The van der Waals surface area contributed by atoms with Gasteiger partial charge in [0.05, 0.1) is 30.1 Å². The van der Waals surface area contributed by atoms with Crippen molar-refractivity contribution in [3.63, 3.8) is 0 Å². The van der Waals surface area contributed by atoms with Crippen molar-refractivity contribution in [2.75, 3.05) is 13.1 Å². The number of rotatable bonds is 5. The first-order valence-electron chi connectivity index (χ1n) is 8.97. The molecule has 1 N–H and O–H groups in total. The summed E-state index contributed by atoms with van der Waals surface area (Å²) in [4.78, 5) is 22.8. The van der Waals surface area contributed by atoms with Gasteiger partial charge < -0.3 is 10.0 Å². The third-order valence-electron chi connectivity index (χ3n) is 4.85. The van der Waals surface area contributed by atoms with Crippen molar-refractivity contribution in [3.05, 3.63) is 78.1 Å². The Morgan fingerprint density at radius 3 is 2.78 bits per heavy atom. The number of nitrogens with zero attached hydrogens (tertiary/aromatic N) is 5. The first kappa shape index (κ1) is 17.4. The van der Waals surface area contributed by atoms with E-state index < -0.39 is 6.10 Å². The largest absolute Gasteiger partial charge is 0.391 e. The maximum Gasteiger partial charge on any atom is 0.257 e. The van der Waals surface area contributed by atoms with Crippen LogP contribution < -0.4 is 0 Å². The van der Waals surface area contributed by atoms with E-state index >= 15 is 0 Å². The lowest BCUT2D eigenvalue weighted by molar-refractivity contribution is 0.0764. The summed E-state index contributed by atoms with van der Waals surface area (Å²) in [6, 6.07) is 9.98. The van der Waals surface area contributed by atoms with Gasteiger partial charge in [0.1, 0.15) is 0 Å². The van der Waals surface area contributed by atoms with Gasteiger partial charge in [0.25, 0.3) is 5.91 Å². The van der Waals surface area contributed by atoms with Crippen LogP contribution in [0.2, 0.25) is 0 Å². The van der Waals surface area contributed by atoms with Gasteiger partial charge in [0, 0.05) is 43.8 Å². The standard InChI is InChI=1S/C20H21N5O2/c26-19-14-24(12-16(19)8-18-10-21-6-7-22-18)20(27)17-9-23-25(13-17)11-15-4-2-1-3-5-15/h1-7,9-10,13,16,19,26H,8,11-12,14H2/t16-,19-/m1/s1. The molecule has 1 aliphatic rings. The molecule has 1 aliphatic heterocycles. The van der Waals surface area contributed by atoms with Crippen molar-refractivity contribution in [1.82, 2.24) is 24.6 Å². The van der Waals surface area contributed by atoms with Crippen molar-refractivity contribution in [2.24, 2.45) is 5.92 Å². The normalized spacial score (nSPS) is 19.4. The first-order chi connectivity index (χ1) is 13.2. The smallest absolute Gasteiger partial charge is 0.257 e. The van der Waals surface area contributed by atoms with Gasteiger partial charge in [-0.05, 0) is 12.0 Å². The third kappa shape index (κ3) is 4.03. The lowest BCUT2D eigenvalue weighted by Crippen LogP contribution is -2.29. The van der Waals surface area contributed by atoms with Gasteiger partial charge in [-0.25, -0.2) is 0 Å². The van der Waals surface area contributed by atoms with E-state index in [0.29, 0.717) is 31.6 Å². The molecule has 3 heterocycles. The number of benzene rings is 1. The number of hydrogen-bond acceptors (Lipinski definition) is 5. The fourth-order valence-corrected chi connectivity index (χ4v) is 3.44. The molecule has 7 heteroatoms. The van der Waals surface area contributed by atoms with E-state index in [9.17, 15) is 9.90 Å². The zero-order valence-electron chi connectivity index (χ0n) is 14.8. The van der Waals surface area contributed by atoms with E-state index in [0.717, 1.165) is 11.3 Å². The summed E-state index contributed by atoms with van der Waals surface area (Å²) >= 11 is 0. The fraction of sp³-hybridized carbons (Fsp3) is 0.300. The van der Waals surface area contributed by atoms with Crippen LogP contribution in [-0.4, -0.2) is 54.9 Å². The maximum absolute atomic E-state index is 12.8. The number of β-amino-alcohol motifs (C(OH)–C–C–N with tert-alkyl or cyclic N) is 1. The molecular formula is C20H21N5O2. The minimum absolute atomic E-state index is 0.0370. The fourth-order valence-electron chi connectivity index (χ4n) is 3.44. The van der Waals surface area contributed by atoms with Crippen LogP contribution in [-0.2, 0) is 13.0 Å². The van der Waals surface area contributed by atoms with E-state index in [1.54, 1.807) is 40.6 Å². The third-order valence-corrected chi connectivity index (χ3v) is 4.85. The zero-order valence-corrected chi connectivity index (χ0v) is 14.8. The SMILES string of the molecule is O=C(c1cnn(Cc2ccccc2)c1)N1C[C@@H](Cc2cnccn2)[C@H](O)C1. The second-order valence-corrected chi connectivity index (χ2v) is 6.85. The van der Waals surface area contributed by atoms with Crippen molar-refractivity contribution in [3.8, 4) is 0 Å². The molecule has 1 saturated heterocycles. The van der Waals surface area contributed by atoms with Crippen LogP contribution in [0.15, 0.2) is 61.3 Å². The monoisotopic (exact) mass is 363 g/mol. The van der Waals surface area contributed by atoms with Crippen LogP contribution in [0.25, 0.3) is 0 Å². The Kier molecular flexibility index (Phi) is 4.93. The lowest BCUT2D eigenvalue weighted by atomic mass is 10.0. The predicted molar refractivity (Wildman–Crippen MR) is 98.9 cm³/mol. The number of hydrogen-bond donors (Lipinski definition) is 1.